The summed E-state index contributed by atoms with van der Waals surface area (Å²) in [6, 6.07) is 0. The summed E-state index contributed by atoms with van der Waals surface area (Å²) in [5.41, 5.74) is 0. The number of aliphatic imine (C=N–C) groups is 1. The Bertz CT molecular complexity index is 256. The number of rotatable bonds is 1. The van der Waals surface area contributed by atoms with Crippen LogP contribution < -0.4 is 4.72 Å². The van der Waals surface area contributed by atoms with Gasteiger partial charge in [0.25, 0.3) is 0 Å². The van der Waals surface area contributed by atoms with E-state index >= 15 is 0 Å². The van der Waals surface area contributed by atoms with Crippen molar-refractivity contribution in [2.75, 3.05) is 12.8 Å². The van der Waals surface area contributed by atoms with Gasteiger partial charge >= 0.3 is 0 Å². The molecule has 5 heteroatoms. The second-order valence-corrected chi connectivity index (χ2v) is 4.41. The number of hydrogen-bond acceptors (Lipinski definition) is 3. The van der Waals surface area contributed by atoms with E-state index in [4.69, 9.17) is 0 Å². The van der Waals surface area contributed by atoms with Gasteiger partial charge in [-0.3, -0.25) is 9.71 Å². The summed E-state index contributed by atoms with van der Waals surface area (Å²) in [6.45, 7) is 0.748. The molecule has 0 atom stereocenters. The molecule has 4 nitrogen and oxygen atoms in total. The van der Waals surface area contributed by atoms with Crippen molar-refractivity contribution in [1.82, 2.24) is 4.72 Å². The lowest BCUT2D eigenvalue weighted by atomic mass is 10.2. The van der Waals surface area contributed by atoms with Gasteiger partial charge in [0.2, 0.25) is 10.0 Å². The molecule has 0 aliphatic carbocycles. The van der Waals surface area contributed by atoms with Gasteiger partial charge < -0.3 is 0 Å². The van der Waals surface area contributed by atoms with Crippen LogP contribution in [-0.2, 0) is 10.0 Å². The van der Waals surface area contributed by atoms with E-state index in [-0.39, 0.29) is 0 Å². The van der Waals surface area contributed by atoms with E-state index < -0.39 is 10.0 Å². The van der Waals surface area contributed by atoms with Crippen molar-refractivity contribution in [3.8, 4) is 0 Å². The third-order valence-corrected chi connectivity index (χ3v) is 2.03. The fraction of sp³-hybridized carbons (Fsp3) is 0.833. The molecule has 0 saturated heterocycles. The highest BCUT2D eigenvalue weighted by Crippen LogP contribution is 2.04. The average Bonchev–Trinajstić information content (AvgIpc) is 1.85. The second-order valence-electron chi connectivity index (χ2n) is 2.66. The predicted octanol–water partition coefficient (Wildman–Crippen LogP) is 0.118. The van der Waals surface area contributed by atoms with Gasteiger partial charge in [0.15, 0.2) is 0 Å². The Balaban J connectivity index is 2.55. The Morgan fingerprint density at radius 2 is 2.18 bits per heavy atom. The van der Waals surface area contributed by atoms with Gasteiger partial charge in [-0.15, -0.1) is 0 Å². The molecular formula is C6H12N2O2S. The first-order chi connectivity index (χ1) is 5.08. The number of nitrogens with one attached hydrogen (secondary N) is 1. The van der Waals surface area contributed by atoms with Gasteiger partial charge in [0.1, 0.15) is 5.84 Å². The fourth-order valence-electron chi connectivity index (χ4n) is 0.995. The minimum absolute atomic E-state index is 0.610. The summed E-state index contributed by atoms with van der Waals surface area (Å²) >= 11 is 0. The summed E-state index contributed by atoms with van der Waals surface area (Å²) in [6.07, 6.45) is 3.99. The molecule has 0 unspecified atom stereocenters. The summed E-state index contributed by atoms with van der Waals surface area (Å²) in [7, 11) is -3.10. The molecule has 1 N–H and O–H groups in total. The SMILES string of the molecule is CS(=O)(=O)NC1=NCCCC1. The normalized spacial score (nSPS) is 19.2. The van der Waals surface area contributed by atoms with Crippen LogP contribution >= 0.6 is 0 Å². The van der Waals surface area contributed by atoms with Crippen LogP contribution in [0, 0.1) is 0 Å². The van der Waals surface area contributed by atoms with Crippen LogP contribution in [0.2, 0.25) is 0 Å². The third-order valence-electron chi connectivity index (χ3n) is 1.43. The standard InChI is InChI=1S/C6H12N2O2S/c1-11(9,10)8-6-4-2-3-5-7-6/h2-5H2,1H3,(H,7,8). The first-order valence-electron chi connectivity index (χ1n) is 3.59. The highest BCUT2D eigenvalue weighted by atomic mass is 32.2. The summed E-state index contributed by atoms with van der Waals surface area (Å²) in [5.74, 6) is 0.610. The summed E-state index contributed by atoms with van der Waals surface area (Å²) < 4.78 is 23.8. The summed E-state index contributed by atoms with van der Waals surface area (Å²) in [4.78, 5) is 4.04. The molecule has 1 heterocycles. The van der Waals surface area contributed by atoms with Crippen molar-refractivity contribution < 1.29 is 8.42 Å². The maximum atomic E-state index is 10.7. The van der Waals surface area contributed by atoms with E-state index in [0.717, 1.165) is 32.1 Å². The van der Waals surface area contributed by atoms with E-state index in [9.17, 15) is 8.42 Å². The van der Waals surface area contributed by atoms with Crippen molar-refractivity contribution in [1.29, 1.82) is 0 Å². The summed E-state index contributed by atoms with van der Waals surface area (Å²) in [5, 5.41) is 0. The fourth-order valence-corrected chi connectivity index (χ4v) is 1.59. The molecule has 0 aromatic rings. The lowest BCUT2D eigenvalue weighted by Gasteiger charge is -2.11. The Kier molecular flexibility index (Phi) is 2.49. The molecule has 1 rings (SSSR count). The minimum atomic E-state index is -3.10. The van der Waals surface area contributed by atoms with Gasteiger partial charge in [-0.2, -0.15) is 0 Å². The van der Waals surface area contributed by atoms with Gasteiger partial charge in [-0.05, 0) is 12.8 Å². The monoisotopic (exact) mass is 176 g/mol. The molecule has 1 aliphatic heterocycles. The van der Waals surface area contributed by atoms with Gasteiger partial charge in [-0.1, -0.05) is 0 Å². The molecule has 11 heavy (non-hydrogen) atoms. The van der Waals surface area contributed by atoms with E-state index in [1.165, 1.54) is 0 Å². The molecule has 0 aromatic heterocycles. The molecule has 0 aromatic carbocycles. The maximum Gasteiger partial charge on any atom is 0.230 e. The van der Waals surface area contributed by atoms with Gasteiger partial charge in [-0.25, -0.2) is 8.42 Å². The van der Waals surface area contributed by atoms with Crippen LogP contribution in [0.1, 0.15) is 19.3 Å². The van der Waals surface area contributed by atoms with Crippen molar-refractivity contribution in [3.05, 3.63) is 0 Å². The van der Waals surface area contributed by atoms with Crippen LogP contribution in [0.4, 0.5) is 0 Å². The lowest BCUT2D eigenvalue weighted by molar-refractivity contribution is 0.596. The minimum Gasteiger partial charge on any atom is -0.272 e. The van der Waals surface area contributed by atoms with Crippen molar-refractivity contribution in [3.63, 3.8) is 0 Å². The number of sulfonamides is 1. The number of nitrogens with zero attached hydrogens (tertiary/aromatic N) is 1. The maximum absolute atomic E-state index is 10.7. The van der Waals surface area contributed by atoms with E-state index in [1.54, 1.807) is 0 Å². The smallest absolute Gasteiger partial charge is 0.230 e. The number of amidine groups is 1. The van der Waals surface area contributed by atoms with Crippen LogP contribution in [-0.4, -0.2) is 27.1 Å². The highest BCUT2D eigenvalue weighted by molar-refractivity contribution is 7.89. The highest BCUT2D eigenvalue weighted by Gasteiger charge is 2.08. The Morgan fingerprint density at radius 3 is 2.64 bits per heavy atom. The molecule has 0 saturated carbocycles. The predicted molar refractivity (Wildman–Crippen MR) is 44.1 cm³/mol. The van der Waals surface area contributed by atoms with Crippen LogP contribution in [0.25, 0.3) is 0 Å². The zero-order valence-corrected chi connectivity index (χ0v) is 7.32. The van der Waals surface area contributed by atoms with E-state index in [2.05, 4.69) is 9.71 Å². The Labute approximate surface area is 66.8 Å². The van der Waals surface area contributed by atoms with Crippen LogP contribution in [0.5, 0.6) is 0 Å². The van der Waals surface area contributed by atoms with Gasteiger partial charge in [0, 0.05) is 13.0 Å². The lowest BCUT2D eigenvalue weighted by Crippen LogP contribution is -2.30. The average molecular weight is 176 g/mol. The zero-order chi connectivity index (χ0) is 8.32. The zero-order valence-electron chi connectivity index (χ0n) is 6.50. The molecular weight excluding hydrogens is 164 g/mol. The molecule has 0 fully saturated rings. The second kappa shape index (κ2) is 3.21. The largest absolute Gasteiger partial charge is 0.272 e. The molecule has 0 spiro atoms. The molecule has 0 radical (unpaired) electrons. The molecule has 1 aliphatic rings. The van der Waals surface area contributed by atoms with Crippen LogP contribution in [0.3, 0.4) is 0 Å². The molecule has 64 valence electrons. The van der Waals surface area contributed by atoms with Crippen molar-refractivity contribution in [2.24, 2.45) is 4.99 Å². The van der Waals surface area contributed by atoms with Gasteiger partial charge in [0.05, 0.1) is 6.26 Å². The Hall–Kier alpha value is -0.580. The van der Waals surface area contributed by atoms with Crippen molar-refractivity contribution >= 4 is 15.9 Å². The molecule has 0 amide bonds. The van der Waals surface area contributed by atoms with E-state index in [1.807, 2.05) is 0 Å². The topological polar surface area (TPSA) is 58.5 Å². The van der Waals surface area contributed by atoms with Crippen LogP contribution in [0.15, 0.2) is 4.99 Å². The van der Waals surface area contributed by atoms with E-state index in [0.29, 0.717) is 5.84 Å². The number of hydrogen-bond donors (Lipinski definition) is 1. The first kappa shape index (κ1) is 8.52. The van der Waals surface area contributed by atoms with Crippen molar-refractivity contribution in [2.45, 2.75) is 19.3 Å². The Morgan fingerprint density at radius 1 is 1.45 bits per heavy atom. The molecule has 0 bridgehead atoms. The third kappa shape index (κ3) is 3.36. The quantitative estimate of drug-likeness (QED) is 0.617. The first-order valence-corrected chi connectivity index (χ1v) is 5.48.